The van der Waals surface area contributed by atoms with Crippen molar-refractivity contribution in [1.29, 1.82) is 0 Å². The second-order valence-electron chi connectivity index (χ2n) is 7.09. The molecule has 0 aromatic carbocycles. The summed E-state index contributed by atoms with van der Waals surface area (Å²) in [4.78, 5) is 2.73. The normalized spacial score (nSPS) is 26.4. The average molecular weight is 223 g/mol. The van der Waals surface area contributed by atoms with Crippen LogP contribution in [0.1, 0.15) is 59.3 Å². The Bertz CT molecular complexity index is 202. The topological polar surface area (TPSA) is 3.24 Å². The lowest BCUT2D eigenvalue weighted by molar-refractivity contribution is 0.101. The molecule has 0 spiro atoms. The highest BCUT2D eigenvalue weighted by Gasteiger charge is 2.29. The van der Waals surface area contributed by atoms with E-state index in [2.05, 4.69) is 25.7 Å². The zero-order chi connectivity index (χ0) is 11.6. The van der Waals surface area contributed by atoms with Gasteiger partial charge in [0, 0.05) is 6.54 Å². The molecule has 0 N–H and O–H groups in total. The fourth-order valence-corrected chi connectivity index (χ4v) is 3.54. The zero-order valence-corrected chi connectivity index (χ0v) is 11.5. The Kier molecular flexibility index (Phi) is 3.94. The van der Waals surface area contributed by atoms with E-state index in [0.717, 1.165) is 11.8 Å². The molecule has 2 rings (SSSR count). The van der Waals surface area contributed by atoms with Crippen LogP contribution in [0.15, 0.2) is 0 Å². The molecular formula is C15H29N. The molecule has 94 valence electrons. The highest BCUT2D eigenvalue weighted by atomic mass is 15.1. The first-order valence-electron chi connectivity index (χ1n) is 7.28. The molecule has 0 aromatic heterocycles. The Balaban J connectivity index is 1.72. The van der Waals surface area contributed by atoms with Crippen LogP contribution in [0.2, 0.25) is 0 Å². The number of nitrogens with zero attached hydrogens (tertiary/aromatic N) is 1. The van der Waals surface area contributed by atoms with Crippen molar-refractivity contribution in [2.45, 2.75) is 59.3 Å². The van der Waals surface area contributed by atoms with Crippen molar-refractivity contribution in [3.05, 3.63) is 0 Å². The molecule has 0 bridgehead atoms. The minimum Gasteiger partial charge on any atom is -0.303 e. The van der Waals surface area contributed by atoms with Gasteiger partial charge < -0.3 is 4.90 Å². The summed E-state index contributed by atoms with van der Waals surface area (Å²) in [5.74, 6) is 1.98. The largest absolute Gasteiger partial charge is 0.303 e. The first-order chi connectivity index (χ1) is 7.55. The summed E-state index contributed by atoms with van der Waals surface area (Å²) in [7, 11) is 0. The van der Waals surface area contributed by atoms with Gasteiger partial charge in [0.2, 0.25) is 0 Å². The zero-order valence-electron chi connectivity index (χ0n) is 11.5. The molecule has 1 saturated heterocycles. The summed E-state index contributed by atoms with van der Waals surface area (Å²) in [6.07, 6.45) is 8.83. The molecule has 0 unspecified atom stereocenters. The summed E-state index contributed by atoms with van der Waals surface area (Å²) < 4.78 is 0. The second kappa shape index (κ2) is 5.08. The fourth-order valence-electron chi connectivity index (χ4n) is 3.54. The molecule has 16 heavy (non-hydrogen) atoms. The van der Waals surface area contributed by atoms with Crippen LogP contribution in [0, 0.1) is 17.3 Å². The van der Waals surface area contributed by atoms with Crippen LogP contribution < -0.4 is 0 Å². The van der Waals surface area contributed by atoms with Gasteiger partial charge in [-0.3, -0.25) is 0 Å². The van der Waals surface area contributed by atoms with Crippen LogP contribution in [-0.2, 0) is 0 Å². The van der Waals surface area contributed by atoms with Gasteiger partial charge in [0.1, 0.15) is 0 Å². The van der Waals surface area contributed by atoms with E-state index in [4.69, 9.17) is 0 Å². The minimum absolute atomic E-state index is 0.527. The van der Waals surface area contributed by atoms with Gasteiger partial charge in [-0.05, 0) is 56.0 Å². The van der Waals surface area contributed by atoms with Gasteiger partial charge in [0.25, 0.3) is 0 Å². The SMILES string of the molecule is CC(C)(C)C1CCN(CC2CCCC2)CC1. The number of rotatable bonds is 2. The van der Waals surface area contributed by atoms with E-state index in [-0.39, 0.29) is 0 Å². The van der Waals surface area contributed by atoms with Gasteiger partial charge in [-0.1, -0.05) is 33.6 Å². The Morgan fingerprint density at radius 3 is 2.00 bits per heavy atom. The van der Waals surface area contributed by atoms with Gasteiger partial charge >= 0.3 is 0 Å². The molecule has 2 fully saturated rings. The van der Waals surface area contributed by atoms with E-state index in [1.54, 1.807) is 0 Å². The van der Waals surface area contributed by atoms with Crippen LogP contribution >= 0.6 is 0 Å². The highest BCUT2D eigenvalue weighted by molar-refractivity contribution is 4.82. The summed E-state index contributed by atoms with van der Waals surface area (Å²) in [5.41, 5.74) is 0.527. The monoisotopic (exact) mass is 223 g/mol. The van der Waals surface area contributed by atoms with Crippen molar-refractivity contribution < 1.29 is 0 Å². The van der Waals surface area contributed by atoms with Gasteiger partial charge in [-0.25, -0.2) is 0 Å². The predicted octanol–water partition coefficient (Wildman–Crippen LogP) is 3.93. The standard InChI is InChI=1S/C15H29N/c1-15(2,3)14-8-10-16(11-9-14)12-13-6-4-5-7-13/h13-14H,4-12H2,1-3H3. The molecule has 0 atom stereocenters. The molecule has 1 aliphatic heterocycles. The molecule has 1 saturated carbocycles. The second-order valence-corrected chi connectivity index (χ2v) is 7.09. The molecule has 1 heteroatoms. The quantitative estimate of drug-likeness (QED) is 0.685. The number of hydrogen-bond donors (Lipinski definition) is 0. The van der Waals surface area contributed by atoms with Crippen LogP contribution in [0.5, 0.6) is 0 Å². The van der Waals surface area contributed by atoms with Crippen molar-refractivity contribution in [3.63, 3.8) is 0 Å². The third kappa shape index (κ3) is 3.23. The van der Waals surface area contributed by atoms with E-state index in [9.17, 15) is 0 Å². The maximum Gasteiger partial charge on any atom is 0.000966 e. The summed E-state index contributed by atoms with van der Waals surface area (Å²) in [6.45, 7) is 11.3. The highest BCUT2D eigenvalue weighted by Crippen LogP contribution is 2.35. The third-order valence-electron chi connectivity index (χ3n) is 4.80. The lowest BCUT2D eigenvalue weighted by atomic mass is 9.75. The van der Waals surface area contributed by atoms with Gasteiger partial charge in [-0.15, -0.1) is 0 Å². The van der Waals surface area contributed by atoms with Gasteiger partial charge in [0.15, 0.2) is 0 Å². The Labute approximate surface area is 102 Å². The van der Waals surface area contributed by atoms with E-state index >= 15 is 0 Å². The fraction of sp³-hybridized carbons (Fsp3) is 1.00. The Hall–Kier alpha value is -0.0400. The summed E-state index contributed by atoms with van der Waals surface area (Å²) in [5, 5.41) is 0. The lowest BCUT2D eigenvalue weighted by Crippen LogP contribution is -2.39. The van der Waals surface area contributed by atoms with Crippen LogP contribution in [0.3, 0.4) is 0 Å². The van der Waals surface area contributed by atoms with Crippen molar-refractivity contribution in [2.75, 3.05) is 19.6 Å². The predicted molar refractivity (Wildman–Crippen MR) is 70.6 cm³/mol. The molecule has 1 heterocycles. The number of hydrogen-bond acceptors (Lipinski definition) is 1. The van der Waals surface area contributed by atoms with Gasteiger partial charge in [-0.2, -0.15) is 0 Å². The van der Waals surface area contributed by atoms with Crippen molar-refractivity contribution >= 4 is 0 Å². The van der Waals surface area contributed by atoms with Crippen LogP contribution in [-0.4, -0.2) is 24.5 Å². The van der Waals surface area contributed by atoms with E-state index < -0.39 is 0 Å². The first kappa shape index (κ1) is 12.4. The van der Waals surface area contributed by atoms with Crippen LogP contribution in [0.4, 0.5) is 0 Å². The van der Waals surface area contributed by atoms with Crippen LogP contribution in [0.25, 0.3) is 0 Å². The molecule has 0 amide bonds. The molecular weight excluding hydrogens is 194 g/mol. The average Bonchev–Trinajstić information content (AvgIpc) is 2.70. The Morgan fingerprint density at radius 1 is 0.938 bits per heavy atom. The van der Waals surface area contributed by atoms with E-state index in [0.29, 0.717) is 5.41 Å². The smallest absolute Gasteiger partial charge is 0.000966 e. The van der Waals surface area contributed by atoms with Crippen molar-refractivity contribution in [1.82, 2.24) is 4.90 Å². The van der Waals surface area contributed by atoms with Crippen molar-refractivity contribution in [2.24, 2.45) is 17.3 Å². The van der Waals surface area contributed by atoms with Crippen molar-refractivity contribution in [3.8, 4) is 0 Å². The molecule has 1 nitrogen and oxygen atoms in total. The Morgan fingerprint density at radius 2 is 1.50 bits per heavy atom. The van der Waals surface area contributed by atoms with E-state index in [1.807, 2.05) is 0 Å². The first-order valence-corrected chi connectivity index (χ1v) is 7.28. The summed E-state index contributed by atoms with van der Waals surface area (Å²) in [6, 6.07) is 0. The maximum absolute atomic E-state index is 2.73. The maximum atomic E-state index is 2.73. The molecule has 0 radical (unpaired) electrons. The van der Waals surface area contributed by atoms with E-state index in [1.165, 1.54) is 58.2 Å². The lowest BCUT2D eigenvalue weighted by Gasteiger charge is -2.39. The number of likely N-dealkylation sites (tertiary alicyclic amines) is 1. The number of piperidine rings is 1. The molecule has 0 aromatic rings. The molecule has 1 aliphatic carbocycles. The van der Waals surface area contributed by atoms with Gasteiger partial charge in [0.05, 0.1) is 0 Å². The molecule has 2 aliphatic rings. The minimum atomic E-state index is 0.527. The third-order valence-corrected chi connectivity index (χ3v) is 4.80. The summed E-state index contributed by atoms with van der Waals surface area (Å²) >= 11 is 0.